The number of aliphatic carboxylic acids is 1. The summed E-state index contributed by atoms with van der Waals surface area (Å²) in [6.07, 6.45) is 2.89. The van der Waals surface area contributed by atoms with E-state index >= 15 is 0 Å². The molecule has 13 nitrogen and oxygen atoms in total. The van der Waals surface area contributed by atoms with Crippen molar-refractivity contribution in [3.8, 4) is 0 Å². The topological polar surface area (TPSA) is 209 Å². The van der Waals surface area contributed by atoms with Gasteiger partial charge in [-0.15, -0.1) is 0 Å². The third-order valence-corrected chi connectivity index (χ3v) is 5.52. The molecule has 0 saturated carbocycles. The van der Waals surface area contributed by atoms with Gasteiger partial charge in [-0.3, -0.25) is 19.2 Å². The smallest absolute Gasteiger partial charge is 0.331 e. The maximum atomic E-state index is 11.9. The number of rotatable bonds is 16. The van der Waals surface area contributed by atoms with Gasteiger partial charge in [0.2, 0.25) is 23.6 Å². The maximum absolute atomic E-state index is 11.9. The van der Waals surface area contributed by atoms with Gasteiger partial charge in [0.1, 0.15) is 6.61 Å². The van der Waals surface area contributed by atoms with E-state index in [2.05, 4.69) is 21.3 Å². The second-order valence-corrected chi connectivity index (χ2v) is 8.71. The third kappa shape index (κ3) is 12.6. The predicted molar refractivity (Wildman–Crippen MR) is 129 cm³/mol. The van der Waals surface area contributed by atoms with Crippen LogP contribution in [-0.4, -0.2) is 90.3 Å². The van der Waals surface area contributed by atoms with E-state index in [-0.39, 0.29) is 61.8 Å². The quantitative estimate of drug-likeness (QED) is 0.117. The number of carboxylic acid groups (broad SMARTS) is 1. The summed E-state index contributed by atoms with van der Waals surface area (Å²) < 4.78 is 6.01. The molecule has 0 saturated heterocycles. The molecule has 0 aliphatic heterocycles. The molecule has 4 amide bonds. The Hall–Kier alpha value is -3.03. The normalized spacial score (nSPS) is 20.0. The van der Waals surface area contributed by atoms with Crippen LogP contribution in [0.5, 0.6) is 0 Å². The first kappa shape index (κ1) is 31.0. The fourth-order valence-corrected chi connectivity index (χ4v) is 3.69. The number of nitrogens with two attached hydrogens (primary N) is 1. The minimum absolute atomic E-state index is 0.0233. The molecule has 4 atom stereocenters. The Morgan fingerprint density at radius 2 is 1.61 bits per heavy atom. The van der Waals surface area contributed by atoms with E-state index in [1.807, 2.05) is 6.92 Å². The van der Waals surface area contributed by atoms with Crippen LogP contribution in [0.2, 0.25) is 0 Å². The van der Waals surface area contributed by atoms with Gasteiger partial charge in [0.25, 0.3) is 0 Å². The van der Waals surface area contributed by atoms with Crippen LogP contribution >= 0.6 is 0 Å². The molecule has 204 valence electrons. The molecule has 13 heteroatoms. The van der Waals surface area contributed by atoms with Crippen LogP contribution in [-0.2, 0) is 28.7 Å². The second kappa shape index (κ2) is 16.6. The summed E-state index contributed by atoms with van der Waals surface area (Å²) in [6.45, 7) is 3.44. The van der Waals surface area contributed by atoms with Crippen molar-refractivity contribution in [1.29, 1.82) is 0 Å². The van der Waals surface area contributed by atoms with Crippen LogP contribution in [0, 0.1) is 0 Å². The fourth-order valence-electron chi connectivity index (χ4n) is 3.69. The first-order chi connectivity index (χ1) is 17.0. The number of unbranched alkanes of at least 4 members (excludes halogenated alkanes) is 1. The molecule has 1 aliphatic rings. The lowest BCUT2D eigenvalue weighted by Gasteiger charge is -2.36. The van der Waals surface area contributed by atoms with Gasteiger partial charge < -0.3 is 42.0 Å². The number of aliphatic hydroxyl groups excluding tert-OH is 1. The van der Waals surface area contributed by atoms with Gasteiger partial charge in [-0.25, -0.2) is 4.79 Å². The Morgan fingerprint density at radius 1 is 1.03 bits per heavy atom. The highest BCUT2D eigenvalue weighted by Gasteiger charge is 2.35. The molecule has 1 rings (SSSR count). The zero-order chi connectivity index (χ0) is 27.1. The van der Waals surface area contributed by atoms with Gasteiger partial charge in [-0.2, -0.15) is 0 Å². The number of hydrogen-bond acceptors (Lipinski definition) is 8. The van der Waals surface area contributed by atoms with Crippen molar-refractivity contribution in [1.82, 2.24) is 21.3 Å². The molecule has 36 heavy (non-hydrogen) atoms. The minimum atomic E-state index is -1.06. The van der Waals surface area contributed by atoms with Gasteiger partial charge in [-0.05, 0) is 38.7 Å². The largest absolute Gasteiger partial charge is 0.478 e. The first-order valence-electron chi connectivity index (χ1n) is 12.1. The Balaban J connectivity index is 2.28. The van der Waals surface area contributed by atoms with Crippen molar-refractivity contribution in [3.05, 3.63) is 11.6 Å². The van der Waals surface area contributed by atoms with E-state index in [1.54, 1.807) is 0 Å². The number of aliphatic hydroxyl groups is 1. The van der Waals surface area contributed by atoms with E-state index in [0.29, 0.717) is 19.4 Å². The van der Waals surface area contributed by atoms with E-state index in [4.69, 9.17) is 15.6 Å². The highest BCUT2D eigenvalue weighted by molar-refractivity contribution is 5.87. The van der Waals surface area contributed by atoms with Gasteiger partial charge in [0.15, 0.2) is 0 Å². The molecular formula is C23H39N5O8. The van der Waals surface area contributed by atoms with Crippen molar-refractivity contribution in [2.24, 2.45) is 5.73 Å². The van der Waals surface area contributed by atoms with Gasteiger partial charge in [-0.1, -0.05) is 0 Å². The minimum Gasteiger partial charge on any atom is -0.478 e. The van der Waals surface area contributed by atoms with Crippen LogP contribution < -0.4 is 27.0 Å². The molecule has 8 N–H and O–H groups in total. The summed E-state index contributed by atoms with van der Waals surface area (Å²) in [4.78, 5) is 57.4. The molecule has 0 radical (unpaired) electrons. The Bertz CT molecular complexity index is 803. The average molecular weight is 514 g/mol. The lowest BCUT2D eigenvalue weighted by Crippen LogP contribution is -2.57. The second-order valence-electron chi connectivity index (χ2n) is 8.71. The highest BCUT2D eigenvalue weighted by Crippen LogP contribution is 2.23. The summed E-state index contributed by atoms with van der Waals surface area (Å²) >= 11 is 0. The molecule has 0 aromatic heterocycles. The number of ether oxygens (including phenoxy) is 1. The summed E-state index contributed by atoms with van der Waals surface area (Å²) in [5, 5.41) is 28.4. The zero-order valence-corrected chi connectivity index (χ0v) is 20.9. The van der Waals surface area contributed by atoms with Crippen LogP contribution in [0.3, 0.4) is 0 Å². The highest BCUT2D eigenvalue weighted by atomic mass is 16.5. The number of carbonyl (C=O) groups is 5. The van der Waals surface area contributed by atoms with Crippen LogP contribution in [0.15, 0.2) is 11.6 Å². The van der Waals surface area contributed by atoms with Crippen LogP contribution in [0.25, 0.3) is 0 Å². The summed E-state index contributed by atoms with van der Waals surface area (Å²) in [5.74, 6) is -2.42. The number of carboxylic acids is 1. The Labute approximate surface area is 210 Å². The molecule has 0 spiro atoms. The lowest BCUT2D eigenvalue weighted by atomic mass is 9.88. The predicted octanol–water partition coefficient (Wildman–Crippen LogP) is -1.70. The van der Waals surface area contributed by atoms with E-state index in [9.17, 15) is 29.1 Å². The zero-order valence-electron chi connectivity index (χ0n) is 20.9. The summed E-state index contributed by atoms with van der Waals surface area (Å²) in [7, 11) is 0. The number of nitrogens with one attached hydrogen (secondary N) is 4. The number of amides is 4. The molecule has 1 aliphatic carbocycles. The SMILES string of the molecule is CC(=O)N[C@@H]1[C@@H](N)CC(C(=O)O)=C[C@H]1OC(C)CCCCNC(=O)CCC(=O)NCCNC(=O)CO. The summed E-state index contributed by atoms with van der Waals surface area (Å²) in [5.41, 5.74) is 6.25. The van der Waals surface area contributed by atoms with E-state index in [1.165, 1.54) is 13.0 Å². The van der Waals surface area contributed by atoms with Crippen LogP contribution in [0.4, 0.5) is 0 Å². The first-order valence-corrected chi connectivity index (χ1v) is 12.1. The number of hydrogen-bond donors (Lipinski definition) is 7. The van der Waals surface area contributed by atoms with Gasteiger partial charge in [0, 0.05) is 51.0 Å². The molecule has 0 aromatic rings. The molecule has 1 unspecified atom stereocenters. The van der Waals surface area contributed by atoms with E-state index < -0.39 is 36.7 Å². The number of carbonyl (C=O) groups excluding carboxylic acids is 4. The molecule has 0 aromatic carbocycles. The van der Waals surface area contributed by atoms with Crippen LogP contribution in [0.1, 0.15) is 52.4 Å². The third-order valence-electron chi connectivity index (χ3n) is 5.52. The standard InChI is InChI=1S/C23H39N5O8/c1-14(36-18-12-16(23(34)35)11-17(24)22(18)28-15(2)30)5-3-4-8-25-19(31)6-7-20(32)26-9-10-27-21(33)13-29/h12,14,17-18,22,29H,3-11,13,24H2,1-2H3,(H,25,31)(H,26,32)(H,27,33)(H,28,30)(H,34,35)/t14?,17-,18+,22+/m0/s1. The molecule has 0 heterocycles. The van der Waals surface area contributed by atoms with Gasteiger partial charge in [0.05, 0.1) is 18.2 Å². The Kier molecular flexibility index (Phi) is 14.3. The fraction of sp³-hybridized carbons (Fsp3) is 0.696. The summed E-state index contributed by atoms with van der Waals surface area (Å²) in [6, 6.07) is -1.10. The monoisotopic (exact) mass is 513 g/mol. The van der Waals surface area contributed by atoms with Crippen molar-refractivity contribution >= 4 is 29.6 Å². The molecule has 0 fully saturated rings. The molecular weight excluding hydrogens is 474 g/mol. The maximum Gasteiger partial charge on any atom is 0.331 e. The van der Waals surface area contributed by atoms with E-state index in [0.717, 1.165) is 6.42 Å². The van der Waals surface area contributed by atoms with Crippen molar-refractivity contribution in [3.63, 3.8) is 0 Å². The van der Waals surface area contributed by atoms with Crippen molar-refractivity contribution < 1.29 is 38.9 Å². The molecule has 0 bridgehead atoms. The van der Waals surface area contributed by atoms with Crippen molar-refractivity contribution in [2.45, 2.75) is 76.7 Å². The van der Waals surface area contributed by atoms with Gasteiger partial charge >= 0.3 is 5.97 Å². The van der Waals surface area contributed by atoms with Crippen molar-refractivity contribution in [2.75, 3.05) is 26.2 Å². The Morgan fingerprint density at radius 3 is 2.17 bits per heavy atom. The average Bonchev–Trinajstić information content (AvgIpc) is 2.81. The lowest BCUT2D eigenvalue weighted by molar-refractivity contribution is -0.133.